The summed E-state index contributed by atoms with van der Waals surface area (Å²) < 4.78 is 6.22. The smallest absolute Gasteiger partial charge is 0.133 e. The van der Waals surface area contributed by atoms with Gasteiger partial charge in [-0.3, -0.25) is 0 Å². The van der Waals surface area contributed by atoms with Crippen molar-refractivity contribution in [3.63, 3.8) is 0 Å². The third-order valence-corrected chi connectivity index (χ3v) is 4.35. The molecule has 2 aromatic rings. The Bertz CT molecular complexity index is 623. The lowest BCUT2D eigenvalue weighted by Gasteiger charge is -2.17. The van der Waals surface area contributed by atoms with Crippen molar-refractivity contribution in [1.29, 1.82) is 0 Å². The molecule has 0 aliphatic carbocycles. The van der Waals surface area contributed by atoms with Crippen LogP contribution in [0.5, 0.6) is 11.5 Å². The van der Waals surface area contributed by atoms with Gasteiger partial charge >= 0.3 is 0 Å². The van der Waals surface area contributed by atoms with Crippen LogP contribution in [0.15, 0.2) is 41.3 Å². The predicted molar refractivity (Wildman–Crippen MR) is 91.5 cm³/mol. The molecule has 0 aliphatic heterocycles. The van der Waals surface area contributed by atoms with Crippen molar-refractivity contribution in [2.75, 3.05) is 6.26 Å². The van der Waals surface area contributed by atoms with Crippen LogP contribution >= 0.6 is 11.8 Å². The first kappa shape index (κ1) is 15.9. The van der Waals surface area contributed by atoms with Crippen molar-refractivity contribution in [2.24, 2.45) is 5.73 Å². The molecular weight excluding hydrogens is 278 g/mol. The van der Waals surface area contributed by atoms with Crippen LogP contribution in [-0.2, 0) is 6.54 Å². The standard InChI is InChI=1S/C18H23NOS/c1-12(2)14-9-8-13(3)10-17(14)20-16-6-5-7-18(21-4)15(16)11-19/h5-10,12H,11,19H2,1-4H3. The molecule has 0 aliphatic rings. The van der Waals surface area contributed by atoms with Crippen LogP contribution in [-0.4, -0.2) is 6.26 Å². The number of aryl methyl sites for hydroxylation is 1. The molecule has 2 N–H and O–H groups in total. The summed E-state index contributed by atoms with van der Waals surface area (Å²) in [5.41, 5.74) is 9.40. The minimum atomic E-state index is 0.422. The van der Waals surface area contributed by atoms with Gasteiger partial charge in [0.1, 0.15) is 11.5 Å². The Labute approximate surface area is 131 Å². The number of hydrogen-bond donors (Lipinski definition) is 1. The number of ether oxygens (including phenoxy) is 1. The third-order valence-electron chi connectivity index (χ3n) is 3.53. The van der Waals surface area contributed by atoms with Gasteiger partial charge in [0, 0.05) is 17.0 Å². The number of rotatable bonds is 5. The summed E-state index contributed by atoms with van der Waals surface area (Å²) in [5.74, 6) is 2.21. The molecule has 21 heavy (non-hydrogen) atoms. The van der Waals surface area contributed by atoms with E-state index in [0.717, 1.165) is 17.1 Å². The van der Waals surface area contributed by atoms with Gasteiger partial charge in [-0.25, -0.2) is 0 Å². The highest BCUT2D eigenvalue weighted by molar-refractivity contribution is 7.98. The Morgan fingerprint density at radius 1 is 1.14 bits per heavy atom. The fourth-order valence-corrected chi connectivity index (χ4v) is 3.00. The number of hydrogen-bond acceptors (Lipinski definition) is 3. The highest BCUT2D eigenvalue weighted by atomic mass is 32.2. The van der Waals surface area contributed by atoms with Gasteiger partial charge < -0.3 is 10.5 Å². The summed E-state index contributed by atoms with van der Waals surface area (Å²) in [6.45, 7) is 6.92. The van der Waals surface area contributed by atoms with Crippen LogP contribution in [0.25, 0.3) is 0 Å². The number of thioether (sulfide) groups is 1. The normalized spacial score (nSPS) is 11.0. The van der Waals surface area contributed by atoms with Crippen LogP contribution in [0.4, 0.5) is 0 Å². The predicted octanol–water partition coefficient (Wildman–Crippen LogP) is 5.09. The molecule has 0 amide bonds. The maximum atomic E-state index is 6.22. The van der Waals surface area contributed by atoms with E-state index in [-0.39, 0.29) is 0 Å². The first-order valence-corrected chi connectivity index (χ1v) is 8.43. The molecule has 112 valence electrons. The van der Waals surface area contributed by atoms with E-state index in [0.29, 0.717) is 12.5 Å². The molecule has 2 rings (SSSR count). The Balaban J connectivity index is 2.45. The van der Waals surface area contributed by atoms with E-state index in [1.165, 1.54) is 16.0 Å². The minimum Gasteiger partial charge on any atom is -0.457 e. The molecule has 0 fully saturated rings. The molecule has 0 radical (unpaired) electrons. The van der Waals surface area contributed by atoms with Gasteiger partial charge in [-0.1, -0.05) is 32.0 Å². The summed E-state index contributed by atoms with van der Waals surface area (Å²) >= 11 is 1.70. The number of nitrogens with two attached hydrogens (primary N) is 1. The average molecular weight is 301 g/mol. The second-order valence-electron chi connectivity index (χ2n) is 5.44. The van der Waals surface area contributed by atoms with Gasteiger partial charge in [-0.2, -0.15) is 0 Å². The summed E-state index contributed by atoms with van der Waals surface area (Å²) in [7, 11) is 0. The van der Waals surface area contributed by atoms with E-state index in [2.05, 4.69) is 51.3 Å². The van der Waals surface area contributed by atoms with E-state index in [9.17, 15) is 0 Å². The van der Waals surface area contributed by atoms with Gasteiger partial charge in [0.2, 0.25) is 0 Å². The lowest BCUT2D eigenvalue weighted by atomic mass is 10.0. The first-order valence-electron chi connectivity index (χ1n) is 7.21. The minimum absolute atomic E-state index is 0.422. The topological polar surface area (TPSA) is 35.2 Å². The molecular formula is C18H23NOS. The largest absolute Gasteiger partial charge is 0.457 e. The van der Waals surface area contributed by atoms with Crippen LogP contribution in [0.3, 0.4) is 0 Å². The van der Waals surface area contributed by atoms with Crippen molar-refractivity contribution in [1.82, 2.24) is 0 Å². The quantitative estimate of drug-likeness (QED) is 0.781. The average Bonchev–Trinajstić information content (AvgIpc) is 2.46. The van der Waals surface area contributed by atoms with E-state index in [1.807, 2.05) is 12.1 Å². The molecule has 3 heteroatoms. The van der Waals surface area contributed by atoms with Crippen molar-refractivity contribution in [3.8, 4) is 11.5 Å². The third kappa shape index (κ3) is 3.60. The molecule has 0 unspecified atom stereocenters. The van der Waals surface area contributed by atoms with Gasteiger partial charge in [0.05, 0.1) is 0 Å². The molecule has 0 bridgehead atoms. The maximum Gasteiger partial charge on any atom is 0.133 e. The zero-order valence-electron chi connectivity index (χ0n) is 13.1. The van der Waals surface area contributed by atoms with Crippen LogP contribution in [0.2, 0.25) is 0 Å². The van der Waals surface area contributed by atoms with Gasteiger partial charge in [-0.05, 0) is 48.4 Å². The Morgan fingerprint density at radius 2 is 1.90 bits per heavy atom. The van der Waals surface area contributed by atoms with Crippen molar-refractivity contribution < 1.29 is 4.74 Å². The van der Waals surface area contributed by atoms with Gasteiger partial charge in [0.15, 0.2) is 0 Å². The van der Waals surface area contributed by atoms with E-state index < -0.39 is 0 Å². The molecule has 0 saturated carbocycles. The molecule has 0 atom stereocenters. The molecule has 2 aromatic carbocycles. The monoisotopic (exact) mass is 301 g/mol. The lowest BCUT2D eigenvalue weighted by Crippen LogP contribution is -2.03. The summed E-state index contributed by atoms with van der Waals surface area (Å²) in [5, 5.41) is 0. The molecule has 0 heterocycles. The first-order chi connectivity index (χ1) is 10.1. The van der Waals surface area contributed by atoms with Gasteiger partial charge in [0.25, 0.3) is 0 Å². The summed E-state index contributed by atoms with van der Waals surface area (Å²) in [6.07, 6.45) is 2.06. The molecule has 0 aromatic heterocycles. The van der Waals surface area contributed by atoms with Gasteiger partial charge in [-0.15, -0.1) is 11.8 Å². The van der Waals surface area contributed by atoms with Crippen LogP contribution < -0.4 is 10.5 Å². The van der Waals surface area contributed by atoms with Crippen LogP contribution in [0, 0.1) is 6.92 Å². The fourth-order valence-electron chi connectivity index (χ4n) is 2.36. The van der Waals surface area contributed by atoms with E-state index in [4.69, 9.17) is 10.5 Å². The molecule has 0 spiro atoms. The SMILES string of the molecule is CSc1cccc(Oc2cc(C)ccc2C(C)C)c1CN. The Morgan fingerprint density at radius 3 is 2.52 bits per heavy atom. The highest BCUT2D eigenvalue weighted by Crippen LogP contribution is 2.35. The zero-order valence-corrected chi connectivity index (χ0v) is 14.0. The highest BCUT2D eigenvalue weighted by Gasteiger charge is 2.13. The molecule has 0 saturated heterocycles. The van der Waals surface area contributed by atoms with Crippen LogP contribution in [0.1, 0.15) is 36.5 Å². The summed E-state index contributed by atoms with van der Waals surface area (Å²) in [4.78, 5) is 1.17. The van der Waals surface area contributed by atoms with E-state index >= 15 is 0 Å². The fraction of sp³-hybridized carbons (Fsp3) is 0.333. The lowest BCUT2D eigenvalue weighted by molar-refractivity contribution is 0.465. The molecule has 2 nitrogen and oxygen atoms in total. The van der Waals surface area contributed by atoms with E-state index in [1.54, 1.807) is 11.8 Å². The maximum absolute atomic E-state index is 6.22. The second-order valence-corrected chi connectivity index (χ2v) is 6.29. The van der Waals surface area contributed by atoms with Crippen molar-refractivity contribution >= 4 is 11.8 Å². The zero-order chi connectivity index (χ0) is 15.4. The Kier molecular flexibility index (Phi) is 5.32. The Hall–Kier alpha value is -1.45. The van der Waals surface area contributed by atoms with Crippen molar-refractivity contribution in [3.05, 3.63) is 53.1 Å². The second kappa shape index (κ2) is 7.01. The summed E-state index contributed by atoms with van der Waals surface area (Å²) in [6, 6.07) is 12.5. The van der Waals surface area contributed by atoms with Crippen molar-refractivity contribution in [2.45, 2.75) is 38.1 Å². The number of benzene rings is 2.